The second-order valence-corrected chi connectivity index (χ2v) is 7.04. The van der Waals surface area contributed by atoms with Gasteiger partial charge < -0.3 is 9.80 Å². The molecule has 3 heterocycles. The number of pyridine rings is 1. The number of aromatic nitrogens is 2. The quantitative estimate of drug-likeness (QED) is 0.684. The molecule has 1 aliphatic rings. The molecule has 0 bridgehead atoms. The molecule has 4 rings (SSSR count). The van der Waals surface area contributed by atoms with Crippen LogP contribution in [0.5, 0.6) is 0 Å². The fraction of sp³-hybridized carbons (Fsp3) is 0.273. The molecule has 2 amide bonds. The molecule has 0 unspecified atom stereocenters. The average Bonchev–Trinajstić information content (AvgIpc) is 2.79. The van der Waals surface area contributed by atoms with Crippen LogP contribution in [0.15, 0.2) is 59.7 Å². The molecule has 1 fully saturated rings. The topological polar surface area (TPSA) is 75.0 Å². The Morgan fingerprint density at radius 1 is 0.931 bits per heavy atom. The molecule has 1 aromatic carbocycles. The summed E-state index contributed by atoms with van der Waals surface area (Å²) in [6.07, 6.45) is 3.87. The Hall–Kier alpha value is -3.48. The number of hydrogen-bond donors (Lipinski definition) is 0. The molecule has 0 atom stereocenters. The van der Waals surface area contributed by atoms with Crippen molar-refractivity contribution < 1.29 is 9.59 Å². The van der Waals surface area contributed by atoms with E-state index in [2.05, 4.69) is 11.9 Å². The molecule has 3 aromatic rings. The smallest absolute Gasteiger partial charge is 0.270 e. The third-order valence-electron chi connectivity index (χ3n) is 5.31. The van der Waals surface area contributed by atoms with Gasteiger partial charge in [-0.1, -0.05) is 25.1 Å². The molecule has 7 heteroatoms. The van der Waals surface area contributed by atoms with E-state index in [1.54, 1.807) is 34.2 Å². The van der Waals surface area contributed by atoms with Gasteiger partial charge in [-0.2, -0.15) is 0 Å². The van der Waals surface area contributed by atoms with Crippen molar-refractivity contribution >= 4 is 17.5 Å². The number of carbonyl (C=O) groups excluding carboxylic acids is 2. The Balaban J connectivity index is 1.45. The van der Waals surface area contributed by atoms with E-state index in [1.807, 2.05) is 24.3 Å². The van der Waals surface area contributed by atoms with E-state index in [1.165, 1.54) is 16.2 Å². The number of rotatable bonds is 3. The van der Waals surface area contributed by atoms with E-state index < -0.39 is 0 Å². The van der Waals surface area contributed by atoms with Gasteiger partial charge in [0, 0.05) is 44.1 Å². The Labute approximate surface area is 168 Å². The van der Waals surface area contributed by atoms with Crippen LogP contribution in [0.1, 0.15) is 33.2 Å². The Morgan fingerprint density at radius 3 is 2.24 bits per heavy atom. The van der Waals surface area contributed by atoms with Crippen LogP contribution in [-0.2, 0) is 6.42 Å². The van der Waals surface area contributed by atoms with E-state index in [0.29, 0.717) is 37.4 Å². The molecule has 7 nitrogen and oxygen atoms in total. The molecular weight excluding hydrogens is 368 g/mol. The summed E-state index contributed by atoms with van der Waals surface area (Å²) >= 11 is 0. The summed E-state index contributed by atoms with van der Waals surface area (Å²) in [4.78, 5) is 45.8. The lowest BCUT2D eigenvalue weighted by Crippen LogP contribution is -2.51. The molecule has 148 valence electrons. The summed E-state index contributed by atoms with van der Waals surface area (Å²) in [5.74, 6) is -0.382. The van der Waals surface area contributed by atoms with Crippen LogP contribution in [-0.4, -0.2) is 57.2 Å². The summed E-state index contributed by atoms with van der Waals surface area (Å²) < 4.78 is 1.37. The van der Waals surface area contributed by atoms with Gasteiger partial charge in [-0.15, -0.1) is 0 Å². The van der Waals surface area contributed by atoms with Gasteiger partial charge >= 0.3 is 0 Å². The molecule has 1 aliphatic heterocycles. The van der Waals surface area contributed by atoms with E-state index in [0.717, 1.165) is 6.42 Å². The van der Waals surface area contributed by atoms with Crippen LogP contribution in [0.4, 0.5) is 0 Å². The molecule has 0 saturated carbocycles. The predicted molar refractivity (Wildman–Crippen MR) is 109 cm³/mol. The van der Waals surface area contributed by atoms with E-state index in [-0.39, 0.29) is 22.9 Å². The number of benzene rings is 1. The average molecular weight is 390 g/mol. The highest BCUT2D eigenvalue weighted by Gasteiger charge is 2.27. The van der Waals surface area contributed by atoms with Crippen LogP contribution in [0.25, 0.3) is 5.65 Å². The lowest BCUT2D eigenvalue weighted by atomic mass is 10.1. The number of aryl methyl sites for hydroxylation is 1. The lowest BCUT2D eigenvalue weighted by Gasteiger charge is -2.34. The number of amides is 2. The van der Waals surface area contributed by atoms with Crippen LogP contribution >= 0.6 is 0 Å². The van der Waals surface area contributed by atoms with Gasteiger partial charge in [-0.3, -0.25) is 18.8 Å². The molecule has 2 aromatic heterocycles. The summed E-state index contributed by atoms with van der Waals surface area (Å²) in [6.45, 7) is 3.71. The minimum absolute atomic E-state index is 0.0350. The second kappa shape index (κ2) is 7.87. The van der Waals surface area contributed by atoms with Crippen molar-refractivity contribution in [3.8, 4) is 0 Å². The van der Waals surface area contributed by atoms with E-state index in [9.17, 15) is 14.4 Å². The van der Waals surface area contributed by atoms with E-state index in [4.69, 9.17) is 0 Å². The Morgan fingerprint density at radius 2 is 1.59 bits per heavy atom. The monoisotopic (exact) mass is 390 g/mol. The van der Waals surface area contributed by atoms with Gasteiger partial charge in [0.15, 0.2) is 0 Å². The molecule has 0 radical (unpaired) electrons. The number of fused-ring (bicyclic) bond motifs is 1. The zero-order chi connectivity index (χ0) is 20.4. The Kier molecular flexibility index (Phi) is 5.12. The maximum Gasteiger partial charge on any atom is 0.270 e. The maximum atomic E-state index is 12.9. The van der Waals surface area contributed by atoms with Crippen molar-refractivity contribution in [1.29, 1.82) is 0 Å². The molecular formula is C22H22N4O3. The van der Waals surface area contributed by atoms with Crippen LogP contribution < -0.4 is 5.56 Å². The van der Waals surface area contributed by atoms with Crippen LogP contribution in [0, 0.1) is 0 Å². The standard InChI is InChI=1S/C22H22N4O3/c1-2-16-6-8-17(9-7-16)20(27)24-11-13-25(14-12-24)21(28)18-15-23-19-5-3-4-10-26(19)22(18)29/h3-10,15H,2,11-14H2,1H3. The highest BCUT2D eigenvalue weighted by Crippen LogP contribution is 2.12. The SMILES string of the molecule is CCc1ccc(C(=O)N2CCN(C(=O)c3cnc4ccccn4c3=O)CC2)cc1. The summed E-state index contributed by atoms with van der Waals surface area (Å²) in [6, 6.07) is 12.9. The summed E-state index contributed by atoms with van der Waals surface area (Å²) in [5.41, 5.74) is 2.00. The summed E-state index contributed by atoms with van der Waals surface area (Å²) in [7, 11) is 0. The highest BCUT2D eigenvalue weighted by molar-refractivity contribution is 5.95. The zero-order valence-electron chi connectivity index (χ0n) is 16.2. The molecule has 1 saturated heterocycles. The first-order valence-corrected chi connectivity index (χ1v) is 9.72. The number of carbonyl (C=O) groups is 2. The van der Waals surface area contributed by atoms with Gasteiger partial charge in [0.1, 0.15) is 11.2 Å². The number of piperazine rings is 1. The predicted octanol–water partition coefficient (Wildman–Crippen LogP) is 1.86. The lowest BCUT2D eigenvalue weighted by molar-refractivity contribution is 0.0534. The van der Waals surface area contributed by atoms with Crippen molar-refractivity contribution in [3.05, 3.63) is 81.9 Å². The fourth-order valence-corrected chi connectivity index (χ4v) is 3.52. The van der Waals surface area contributed by atoms with Gasteiger partial charge in [0.2, 0.25) is 0 Å². The molecule has 0 spiro atoms. The third kappa shape index (κ3) is 3.63. The van der Waals surface area contributed by atoms with Crippen molar-refractivity contribution in [2.45, 2.75) is 13.3 Å². The van der Waals surface area contributed by atoms with Gasteiger partial charge in [0.05, 0.1) is 0 Å². The molecule has 29 heavy (non-hydrogen) atoms. The minimum Gasteiger partial charge on any atom is -0.335 e. The van der Waals surface area contributed by atoms with Crippen LogP contribution in [0.2, 0.25) is 0 Å². The highest BCUT2D eigenvalue weighted by atomic mass is 16.2. The molecule has 0 N–H and O–H groups in total. The summed E-state index contributed by atoms with van der Waals surface area (Å²) in [5, 5.41) is 0. The van der Waals surface area contributed by atoms with Crippen molar-refractivity contribution in [2.24, 2.45) is 0 Å². The van der Waals surface area contributed by atoms with Gasteiger partial charge in [-0.25, -0.2) is 4.98 Å². The van der Waals surface area contributed by atoms with Crippen LogP contribution in [0.3, 0.4) is 0 Å². The van der Waals surface area contributed by atoms with Gasteiger partial charge in [-0.05, 0) is 36.2 Å². The number of nitrogens with zero attached hydrogens (tertiary/aromatic N) is 4. The van der Waals surface area contributed by atoms with Crippen molar-refractivity contribution in [1.82, 2.24) is 19.2 Å². The first kappa shape index (κ1) is 18.9. The largest absolute Gasteiger partial charge is 0.335 e. The van der Waals surface area contributed by atoms with Gasteiger partial charge in [0.25, 0.3) is 17.4 Å². The third-order valence-corrected chi connectivity index (χ3v) is 5.31. The van der Waals surface area contributed by atoms with Crippen molar-refractivity contribution in [3.63, 3.8) is 0 Å². The second-order valence-electron chi connectivity index (χ2n) is 7.04. The zero-order valence-corrected chi connectivity index (χ0v) is 16.2. The first-order valence-electron chi connectivity index (χ1n) is 9.72. The fourth-order valence-electron chi connectivity index (χ4n) is 3.52. The normalized spacial score (nSPS) is 14.2. The first-order chi connectivity index (χ1) is 14.1. The minimum atomic E-state index is -0.380. The molecule has 0 aliphatic carbocycles. The maximum absolute atomic E-state index is 12.9. The number of hydrogen-bond acceptors (Lipinski definition) is 4. The Bertz CT molecular complexity index is 1110. The van der Waals surface area contributed by atoms with Crippen molar-refractivity contribution in [2.75, 3.05) is 26.2 Å². The van der Waals surface area contributed by atoms with E-state index >= 15 is 0 Å².